The van der Waals surface area contributed by atoms with Crippen molar-refractivity contribution in [3.8, 4) is 5.75 Å². The maximum Gasteiger partial charge on any atom is 0.418 e. The zero-order valence-electron chi connectivity index (χ0n) is 14.8. The van der Waals surface area contributed by atoms with E-state index in [1.165, 1.54) is 17.9 Å². The molecule has 0 saturated carbocycles. The van der Waals surface area contributed by atoms with E-state index in [2.05, 4.69) is 0 Å². The number of ketones is 1. The number of rotatable bonds is 8. The van der Waals surface area contributed by atoms with Crippen molar-refractivity contribution < 1.29 is 28.6 Å². The number of benzene rings is 1. The van der Waals surface area contributed by atoms with Gasteiger partial charge in [0.15, 0.2) is 0 Å². The van der Waals surface area contributed by atoms with Crippen LogP contribution >= 0.6 is 0 Å². The molecule has 138 valence electrons. The van der Waals surface area contributed by atoms with Crippen molar-refractivity contribution in [1.29, 1.82) is 0 Å². The lowest BCUT2D eigenvalue weighted by Gasteiger charge is -2.08. The Bertz CT molecular complexity index is 766. The summed E-state index contributed by atoms with van der Waals surface area (Å²) >= 11 is 0. The molecule has 0 fully saturated rings. The zero-order chi connectivity index (χ0) is 18.9. The van der Waals surface area contributed by atoms with Gasteiger partial charge in [-0.1, -0.05) is 30.3 Å². The number of methoxy groups -OCH3 is 1. The third-order valence-corrected chi connectivity index (χ3v) is 3.54. The van der Waals surface area contributed by atoms with Gasteiger partial charge in [-0.3, -0.25) is 14.2 Å². The standard InChI is InChI=1S/C19H21NO6/c1-3-25-18(22)11-16(21)9-15-10-17(24-2)12-20(15)19(23)26-13-14-7-5-4-6-8-14/h4-8,10,12H,3,9,11,13H2,1-2H3. The van der Waals surface area contributed by atoms with Crippen LogP contribution in [0.3, 0.4) is 0 Å². The number of nitrogens with zero attached hydrogens (tertiary/aromatic N) is 1. The van der Waals surface area contributed by atoms with Gasteiger partial charge in [-0.05, 0) is 12.5 Å². The molecule has 0 saturated heterocycles. The number of aromatic nitrogens is 1. The summed E-state index contributed by atoms with van der Waals surface area (Å²) in [6.45, 7) is 1.99. The first-order valence-electron chi connectivity index (χ1n) is 8.17. The number of carbonyl (C=O) groups excluding carboxylic acids is 3. The van der Waals surface area contributed by atoms with Gasteiger partial charge in [0, 0.05) is 18.2 Å². The number of ether oxygens (including phenoxy) is 3. The zero-order valence-corrected chi connectivity index (χ0v) is 14.8. The fraction of sp³-hybridized carbons (Fsp3) is 0.316. The lowest BCUT2D eigenvalue weighted by Crippen LogP contribution is -2.19. The van der Waals surface area contributed by atoms with Crippen LogP contribution in [0.5, 0.6) is 5.75 Å². The molecule has 7 nitrogen and oxygen atoms in total. The Kier molecular flexibility index (Phi) is 6.96. The van der Waals surface area contributed by atoms with Crippen LogP contribution in [-0.2, 0) is 32.1 Å². The molecule has 1 aromatic heterocycles. The van der Waals surface area contributed by atoms with Crippen LogP contribution in [-0.4, -0.2) is 36.1 Å². The van der Waals surface area contributed by atoms with E-state index in [0.29, 0.717) is 11.4 Å². The van der Waals surface area contributed by atoms with Crippen LogP contribution in [0.4, 0.5) is 4.79 Å². The first-order chi connectivity index (χ1) is 12.5. The number of Topliss-reactive ketones (excluding diaryl/α,β-unsaturated/α-hetero) is 1. The van der Waals surface area contributed by atoms with Crippen molar-refractivity contribution in [2.45, 2.75) is 26.4 Å². The molecule has 0 aliphatic rings. The quantitative estimate of drug-likeness (QED) is 0.532. The van der Waals surface area contributed by atoms with Gasteiger partial charge in [0.25, 0.3) is 0 Å². The van der Waals surface area contributed by atoms with Crippen molar-refractivity contribution in [3.05, 3.63) is 53.9 Å². The van der Waals surface area contributed by atoms with E-state index < -0.39 is 12.1 Å². The maximum absolute atomic E-state index is 12.4. The molecular weight excluding hydrogens is 338 g/mol. The van der Waals surface area contributed by atoms with Gasteiger partial charge < -0.3 is 14.2 Å². The van der Waals surface area contributed by atoms with Gasteiger partial charge in [0.2, 0.25) is 0 Å². The maximum atomic E-state index is 12.4. The summed E-state index contributed by atoms with van der Waals surface area (Å²) in [5.41, 5.74) is 1.23. The highest BCUT2D eigenvalue weighted by molar-refractivity contribution is 5.96. The van der Waals surface area contributed by atoms with E-state index in [0.717, 1.165) is 5.56 Å². The van der Waals surface area contributed by atoms with E-state index >= 15 is 0 Å². The predicted octanol–water partition coefficient (Wildman–Crippen LogP) is 2.75. The number of hydrogen-bond acceptors (Lipinski definition) is 6. The van der Waals surface area contributed by atoms with Gasteiger partial charge in [0.05, 0.1) is 19.9 Å². The minimum Gasteiger partial charge on any atom is -0.495 e. The van der Waals surface area contributed by atoms with E-state index in [-0.39, 0.29) is 31.8 Å². The molecule has 0 amide bonds. The molecule has 0 spiro atoms. The van der Waals surface area contributed by atoms with Crippen molar-refractivity contribution >= 4 is 17.8 Å². The molecule has 0 unspecified atom stereocenters. The van der Waals surface area contributed by atoms with E-state index in [1.807, 2.05) is 30.3 Å². The lowest BCUT2D eigenvalue weighted by molar-refractivity contribution is -0.145. The molecule has 2 aromatic rings. The summed E-state index contributed by atoms with van der Waals surface area (Å²) in [5, 5.41) is 0. The van der Waals surface area contributed by atoms with Gasteiger partial charge >= 0.3 is 12.1 Å². The largest absolute Gasteiger partial charge is 0.495 e. The SMILES string of the molecule is CCOC(=O)CC(=O)Cc1cc(OC)cn1C(=O)OCc1ccccc1. The van der Waals surface area contributed by atoms with Gasteiger partial charge in [-0.2, -0.15) is 0 Å². The van der Waals surface area contributed by atoms with E-state index in [4.69, 9.17) is 14.2 Å². The molecular formula is C19H21NO6. The highest BCUT2D eigenvalue weighted by Gasteiger charge is 2.19. The van der Waals surface area contributed by atoms with Crippen molar-refractivity contribution in [2.24, 2.45) is 0 Å². The second-order valence-corrected chi connectivity index (χ2v) is 5.48. The molecule has 7 heteroatoms. The fourth-order valence-corrected chi connectivity index (χ4v) is 2.33. The molecule has 0 N–H and O–H groups in total. The highest BCUT2D eigenvalue weighted by atomic mass is 16.6. The summed E-state index contributed by atoms with van der Waals surface area (Å²) < 4.78 is 16.4. The monoisotopic (exact) mass is 359 g/mol. The smallest absolute Gasteiger partial charge is 0.418 e. The average Bonchev–Trinajstić information content (AvgIpc) is 3.03. The topological polar surface area (TPSA) is 83.8 Å². The van der Waals surface area contributed by atoms with Gasteiger partial charge in [-0.15, -0.1) is 0 Å². The second-order valence-electron chi connectivity index (χ2n) is 5.48. The number of hydrogen-bond donors (Lipinski definition) is 0. The third-order valence-electron chi connectivity index (χ3n) is 3.54. The molecule has 0 radical (unpaired) electrons. The molecule has 0 atom stereocenters. The lowest BCUT2D eigenvalue weighted by atomic mass is 10.1. The molecule has 26 heavy (non-hydrogen) atoms. The van der Waals surface area contributed by atoms with Crippen molar-refractivity contribution in [1.82, 2.24) is 4.57 Å². The van der Waals surface area contributed by atoms with Gasteiger partial charge in [-0.25, -0.2) is 4.79 Å². The first-order valence-corrected chi connectivity index (χ1v) is 8.17. The Morgan fingerprint density at radius 1 is 1.08 bits per heavy atom. The summed E-state index contributed by atoms with van der Waals surface area (Å²) in [6.07, 6.45) is 0.361. The van der Waals surface area contributed by atoms with E-state index in [9.17, 15) is 14.4 Å². The van der Waals surface area contributed by atoms with Crippen molar-refractivity contribution in [3.63, 3.8) is 0 Å². The average molecular weight is 359 g/mol. The third kappa shape index (κ3) is 5.47. The Balaban J connectivity index is 2.05. The molecule has 1 aromatic carbocycles. The Hall–Kier alpha value is -3.09. The molecule has 0 aliphatic heterocycles. The normalized spacial score (nSPS) is 10.2. The molecule has 0 aliphatic carbocycles. The van der Waals surface area contributed by atoms with Crippen LogP contribution in [0.2, 0.25) is 0 Å². The van der Waals surface area contributed by atoms with Crippen LogP contribution in [0.1, 0.15) is 24.6 Å². The minimum absolute atomic E-state index is 0.108. The Labute approximate surface area is 151 Å². The predicted molar refractivity (Wildman–Crippen MR) is 93.0 cm³/mol. The summed E-state index contributed by atoms with van der Waals surface area (Å²) in [7, 11) is 1.46. The Morgan fingerprint density at radius 3 is 2.46 bits per heavy atom. The van der Waals surface area contributed by atoms with Crippen LogP contribution in [0.25, 0.3) is 0 Å². The summed E-state index contributed by atoms with van der Waals surface area (Å²) in [6, 6.07) is 10.8. The van der Waals surface area contributed by atoms with Gasteiger partial charge in [0.1, 0.15) is 24.6 Å². The van der Waals surface area contributed by atoms with E-state index in [1.54, 1.807) is 13.0 Å². The first kappa shape index (κ1) is 19.2. The van der Waals surface area contributed by atoms with Crippen molar-refractivity contribution in [2.75, 3.05) is 13.7 Å². The number of carbonyl (C=O) groups is 3. The fourth-order valence-electron chi connectivity index (χ4n) is 2.33. The van der Waals surface area contributed by atoms with Crippen LogP contribution in [0, 0.1) is 0 Å². The molecule has 1 heterocycles. The summed E-state index contributed by atoms with van der Waals surface area (Å²) in [4.78, 5) is 35.8. The summed E-state index contributed by atoms with van der Waals surface area (Å²) in [5.74, 6) is -0.531. The highest BCUT2D eigenvalue weighted by Crippen LogP contribution is 2.18. The number of esters is 1. The minimum atomic E-state index is -0.629. The Morgan fingerprint density at radius 2 is 1.81 bits per heavy atom. The molecule has 2 rings (SSSR count). The molecule has 0 bridgehead atoms. The second kappa shape index (κ2) is 9.41. The van der Waals surface area contributed by atoms with Crippen LogP contribution in [0.15, 0.2) is 42.6 Å². The van der Waals surface area contributed by atoms with Crippen LogP contribution < -0.4 is 4.74 Å².